The molecular formula is C24H28N6O5. The van der Waals surface area contributed by atoms with Gasteiger partial charge in [-0.1, -0.05) is 23.8 Å². The number of likely N-dealkylation sites (tertiary alicyclic amines) is 1. The van der Waals surface area contributed by atoms with Gasteiger partial charge in [0.15, 0.2) is 0 Å². The van der Waals surface area contributed by atoms with Crippen molar-refractivity contribution in [2.45, 2.75) is 38.4 Å². The summed E-state index contributed by atoms with van der Waals surface area (Å²) >= 11 is 0. The first kappa shape index (κ1) is 24.3. The topological polar surface area (TPSA) is 143 Å². The van der Waals surface area contributed by atoms with Gasteiger partial charge in [-0.25, -0.2) is 4.68 Å². The Labute approximate surface area is 202 Å². The minimum atomic E-state index is -0.814. The third-order valence-electron chi connectivity index (χ3n) is 5.79. The highest BCUT2D eigenvalue weighted by Gasteiger charge is 2.28. The third kappa shape index (κ3) is 6.40. The summed E-state index contributed by atoms with van der Waals surface area (Å²) in [6.07, 6.45) is 7.29. The van der Waals surface area contributed by atoms with E-state index in [1.54, 1.807) is 30.6 Å². The molecule has 11 nitrogen and oxygen atoms in total. The number of nitrogens with zero attached hydrogens (tertiary/aromatic N) is 5. The fraction of sp³-hybridized carbons (Fsp3) is 0.375. The van der Waals surface area contributed by atoms with Crippen LogP contribution in [0.2, 0.25) is 0 Å². The lowest BCUT2D eigenvalue weighted by Crippen LogP contribution is -2.44. The normalized spacial score (nSPS) is 16.1. The summed E-state index contributed by atoms with van der Waals surface area (Å²) in [6.45, 7) is 1.61. The lowest BCUT2D eigenvalue weighted by atomic mass is 10.0. The highest BCUT2D eigenvalue weighted by atomic mass is 16.5. The first-order valence-corrected chi connectivity index (χ1v) is 11.5. The maximum Gasteiger partial charge on any atom is 0.320 e. The highest BCUT2D eigenvalue weighted by molar-refractivity contribution is 5.94. The number of carbonyl (C=O) groups excluding carboxylic acids is 1. The Balaban J connectivity index is 1.37. The molecular weight excluding hydrogens is 452 g/mol. The number of nitrogens with one attached hydrogen (secondary N) is 1. The van der Waals surface area contributed by atoms with Crippen molar-refractivity contribution in [1.29, 1.82) is 0 Å². The molecule has 0 radical (unpaired) electrons. The van der Waals surface area contributed by atoms with Crippen molar-refractivity contribution in [1.82, 2.24) is 30.2 Å². The molecule has 184 valence electrons. The van der Waals surface area contributed by atoms with Gasteiger partial charge in [-0.15, -0.1) is 5.10 Å². The number of aliphatic hydroxyl groups is 1. The summed E-state index contributed by atoms with van der Waals surface area (Å²) in [5.41, 5.74) is 2.51. The second kappa shape index (κ2) is 11.5. The zero-order valence-electron chi connectivity index (χ0n) is 19.2. The summed E-state index contributed by atoms with van der Waals surface area (Å²) in [5, 5.41) is 29.5. The summed E-state index contributed by atoms with van der Waals surface area (Å²) in [7, 11) is 0. The Hall–Kier alpha value is -3.83. The number of rotatable bonds is 10. The number of hydrogen-bond donors (Lipinski definition) is 3. The van der Waals surface area contributed by atoms with Crippen molar-refractivity contribution in [2.24, 2.45) is 0 Å². The van der Waals surface area contributed by atoms with Crippen LogP contribution in [0.5, 0.6) is 5.75 Å². The average molecular weight is 481 g/mol. The Bertz CT molecular complexity index is 1150. The van der Waals surface area contributed by atoms with E-state index in [0.29, 0.717) is 48.7 Å². The van der Waals surface area contributed by atoms with Crippen LogP contribution in [0.25, 0.3) is 5.69 Å². The van der Waals surface area contributed by atoms with Gasteiger partial charge in [0.25, 0.3) is 5.91 Å². The standard InChI is InChI=1S/C24H28N6O5/c31-9-10-35-21-6-4-17(5-7-21)12-26-23(32)18-11-20(14-25-13-18)30-16-19(27-28-30)15-29-8-2-1-3-22(29)24(33)34/h4-7,11,13-14,16,22,31H,1-3,8-10,12,15H2,(H,26,32)(H,33,34). The van der Waals surface area contributed by atoms with Gasteiger partial charge in [-0.3, -0.25) is 19.5 Å². The van der Waals surface area contributed by atoms with Crippen LogP contribution in [0.15, 0.2) is 48.9 Å². The van der Waals surface area contributed by atoms with E-state index in [9.17, 15) is 14.7 Å². The number of hydrogen-bond acceptors (Lipinski definition) is 8. The molecule has 1 saturated heterocycles. The maximum absolute atomic E-state index is 12.7. The molecule has 3 heterocycles. The van der Waals surface area contributed by atoms with Gasteiger partial charge >= 0.3 is 5.97 Å². The number of aliphatic hydroxyl groups excluding tert-OH is 1. The molecule has 3 N–H and O–H groups in total. The van der Waals surface area contributed by atoms with E-state index in [2.05, 4.69) is 20.6 Å². The minimum absolute atomic E-state index is 0.0511. The lowest BCUT2D eigenvalue weighted by molar-refractivity contribution is -0.144. The Kier molecular flexibility index (Phi) is 8.01. The molecule has 0 spiro atoms. The molecule has 1 atom stereocenters. The predicted molar refractivity (Wildman–Crippen MR) is 125 cm³/mol. The van der Waals surface area contributed by atoms with Crippen molar-refractivity contribution in [2.75, 3.05) is 19.8 Å². The molecule has 3 aromatic rings. The molecule has 4 rings (SSSR count). The van der Waals surface area contributed by atoms with E-state index in [1.807, 2.05) is 17.0 Å². The summed E-state index contributed by atoms with van der Waals surface area (Å²) in [6, 6.07) is 8.42. The van der Waals surface area contributed by atoms with E-state index >= 15 is 0 Å². The smallest absolute Gasteiger partial charge is 0.320 e. The second-order valence-electron chi connectivity index (χ2n) is 8.31. The maximum atomic E-state index is 12.7. The molecule has 1 fully saturated rings. The Morgan fingerprint density at radius 2 is 2.00 bits per heavy atom. The number of carboxylic acids is 1. The number of amides is 1. The first-order chi connectivity index (χ1) is 17.0. The molecule has 1 aliphatic rings. The van der Waals surface area contributed by atoms with Gasteiger partial charge in [-0.05, 0) is 43.1 Å². The Morgan fingerprint density at radius 3 is 2.77 bits per heavy atom. The molecule has 35 heavy (non-hydrogen) atoms. The molecule has 11 heteroatoms. The second-order valence-corrected chi connectivity index (χ2v) is 8.31. The first-order valence-electron chi connectivity index (χ1n) is 11.5. The van der Waals surface area contributed by atoms with E-state index < -0.39 is 12.0 Å². The SMILES string of the molecule is O=C(NCc1ccc(OCCO)cc1)c1cncc(-n2cc(CN3CCCCC3C(=O)O)nn2)c1. The zero-order chi connectivity index (χ0) is 24.6. The Morgan fingerprint density at radius 1 is 1.17 bits per heavy atom. The molecule has 1 aromatic carbocycles. The number of ether oxygens (including phenoxy) is 1. The van der Waals surface area contributed by atoms with Gasteiger partial charge in [0, 0.05) is 19.3 Å². The summed E-state index contributed by atoms with van der Waals surface area (Å²) in [4.78, 5) is 30.3. The number of pyridine rings is 1. The summed E-state index contributed by atoms with van der Waals surface area (Å²) in [5.74, 6) is -0.444. The van der Waals surface area contributed by atoms with Gasteiger partial charge in [0.2, 0.25) is 0 Å². The number of aromatic nitrogens is 4. The zero-order valence-corrected chi connectivity index (χ0v) is 19.2. The van der Waals surface area contributed by atoms with Crippen molar-refractivity contribution in [3.8, 4) is 11.4 Å². The molecule has 2 aromatic heterocycles. The molecule has 0 bridgehead atoms. The number of piperidine rings is 1. The predicted octanol–water partition coefficient (Wildman–Crippen LogP) is 1.40. The molecule has 0 aliphatic carbocycles. The van der Waals surface area contributed by atoms with Gasteiger partial charge in [0.05, 0.1) is 35.9 Å². The number of benzene rings is 1. The van der Waals surface area contributed by atoms with E-state index in [0.717, 1.165) is 18.4 Å². The van der Waals surface area contributed by atoms with Crippen LogP contribution < -0.4 is 10.1 Å². The molecule has 1 amide bonds. The lowest BCUT2D eigenvalue weighted by Gasteiger charge is -2.31. The van der Waals surface area contributed by atoms with Crippen LogP contribution in [0.1, 0.15) is 40.9 Å². The van der Waals surface area contributed by atoms with Crippen molar-refractivity contribution in [3.05, 3.63) is 65.7 Å². The molecule has 1 aliphatic heterocycles. The fourth-order valence-electron chi connectivity index (χ4n) is 3.99. The molecule has 1 unspecified atom stereocenters. The molecule has 0 saturated carbocycles. The van der Waals surface area contributed by atoms with Crippen LogP contribution >= 0.6 is 0 Å². The van der Waals surface area contributed by atoms with E-state index in [-0.39, 0.29) is 19.1 Å². The van der Waals surface area contributed by atoms with Gasteiger partial charge in [-0.2, -0.15) is 0 Å². The quantitative estimate of drug-likeness (QED) is 0.392. The highest BCUT2D eigenvalue weighted by Crippen LogP contribution is 2.20. The van der Waals surface area contributed by atoms with Gasteiger partial charge < -0.3 is 20.3 Å². The summed E-state index contributed by atoms with van der Waals surface area (Å²) < 4.78 is 6.86. The monoisotopic (exact) mass is 480 g/mol. The van der Waals surface area contributed by atoms with Crippen LogP contribution in [0.4, 0.5) is 0 Å². The average Bonchev–Trinajstić information content (AvgIpc) is 3.35. The minimum Gasteiger partial charge on any atom is -0.491 e. The van der Waals surface area contributed by atoms with Crippen LogP contribution in [-0.2, 0) is 17.9 Å². The van der Waals surface area contributed by atoms with Crippen LogP contribution in [0, 0.1) is 0 Å². The number of aliphatic carboxylic acids is 1. The van der Waals surface area contributed by atoms with E-state index in [1.165, 1.54) is 10.9 Å². The van der Waals surface area contributed by atoms with Crippen molar-refractivity contribution in [3.63, 3.8) is 0 Å². The van der Waals surface area contributed by atoms with Crippen molar-refractivity contribution < 1.29 is 24.5 Å². The third-order valence-corrected chi connectivity index (χ3v) is 5.79. The van der Waals surface area contributed by atoms with Crippen LogP contribution in [0.3, 0.4) is 0 Å². The fourth-order valence-corrected chi connectivity index (χ4v) is 3.99. The van der Waals surface area contributed by atoms with Gasteiger partial charge in [0.1, 0.15) is 18.4 Å². The van der Waals surface area contributed by atoms with E-state index in [4.69, 9.17) is 9.84 Å². The largest absolute Gasteiger partial charge is 0.491 e. The van der Waals surface area contributed by atoms with Crippen molar-refractivity contribution >= 4 is 11.9 Å². The number of carbonyl (C=O) groups is 2. The number of carboxylic acid groups (broad SMARTS) is 1. The van der Waals surface area contributed by atoms with Crippen LogP contribution in [-0.4, -0.2) is 72.8 Å².